The molecular weight excluding hydrogens is 216 g/mol. The fourth-order valence-electron chi connectivity index (χ4n) is 1.26. The maximum Gasteiger partial charge on any atom is 0.158 e. The van der Waals surface area contributed by atoms with Gasteiger partial charge in [-0.1, -0.05) is 0 Å². The van der Waals surface area contributed by atoms with E-state index in [0.29, 0.717) is 18.1 Å². The number of aromatic nitrogens is 4. The van der Waals surface area contributed by atoms with Gasteiger partial charge in [-0.25, -0.2) is 19.9 Å². The number of nitriles is 1. The monoisotopic (exact) mass is 226 g/mol. The lowest BCUT2D eigenvalue weighted by atomic mass is 10.4. The predicted molar refractivity (Wildman–Crippen MR) is 60.8 cm³/mol. The zero-order valence-electron chi connectivity index (χ0n) is 9.25. The molecule has 6 heteroatoms. The van der Waals surface area contributed by atoms with E-state index in [9.17, 15) is 0 Å². The van der Waals surface area contributed by atoms with Gasteiger partial charge in [0.25, 0.3) is 0 Å². The molecule has 6 nitrogen and oxygen atoms in total. The molecule has 0 saturated carbocycles. The molecule has 17 heavy (non-hydrogen) atoms. The van der Waals surface area contributed by atoms with Crippen LogP contribution in [-0.2, 0) is 6.54 Å². The van der Waals surface area contributed by atoms with Gasteiger partial charge < -0.3 is 5.32 Å². The topological polar surface area (TPSA) is 87.4 Å². The summed E-state index contributed by atoms with van der Waals surface area (Å²) in [6, 6.07) is 3.74. The highest BCUT2D eigenvalue weighted by molar-refractivity contribution is 5.33. The third-order valence-electron chi connectivity index (χ3n) is 2.05. The van der Waals surface area contributed by atoms with Crippen LogP contribution >= 0.6 is 0 Å². The standard InChI is InChI=1S/C11H10N6/c1-8-13-3-2-9(17-8)5-15-11-7-14-10(4-12)6-16-11/h2-3,6-7H,5H2,1H3,(H,15,16). The highest BCUT2D eigenvalue weighted by Gasteiger charge is 1.98. The Bertz CT molecular complexity index is 543. The first-order chi connectivity index (χ1) is 8.28. The summed E-state index contributed by atoms with van der Waals surface area (Å²) in [5, 5.41) is 11.6. The molecule has 2 aromatic rings. The average Bonchev–Trinajstić information content (AvgIpc) is 2.37. The third-order valence-corrected chi connectivity index (χ3v) is 2.05. The molecule has 0 spiro atoms. The number of anilines is 1. The molecule has 2 rings (SSSR count). The molecule has 0 radical (unpaired) electrons. The van der Waals surface area contributed by atoms with E-state index < -0.39 is 0 Å². The van der Waals surface area contributed by atoms with Crippen LogP contribution in [0, 0.1) is 18.3 Å². The highest BCUT2D eigenvalue weighted by atomic mass is 15.0. The maximum absolute atomic E-state index is 8.58. The molecule has 0 unspecified atom stereocenters. The van der Waals surface area contributed by atoms with Crippen LogP contribution in [-0.4, -0.2) is 19.9 Å². The summed E-state index contributed by atoms with van der Waals surface area (Å²) in [5.74, 6) is 1.34. The van der Waals surface area contributed by atoms with Gasteiger partial charge in [-0.05, 0) is 13.0 Å². The summed E-state index contributed by atoms with van der Waals surface area (Å²) in [5.41, 5.74) is 1.18. The van der Waals surface area contributed by atoms with Crippen LogP contribution in [0.1, 0.15) is 17.2 Å². The second-order valence-electron chi connectivity index (χ2n) is 3.35. The van der Waals surface area contributed by atoms with Gasteiger partial charge in [0.05, 0.1) is 24.6 Å². The smallest absolute Gasteiger partial charge is 0.158 e. The zero-order valence-corrected chi connectivity index (χ0v) is 9.25. The number of aryl methyl sites for hydroxylation is 1. The predicted octanol–water partition coefficient (Wildman–Crippen LogP) is 1.06. The van der Waals surface area contributed by atoms with E-state index in [4.69, 9.17) is 5.26 Å². The van der Waals surface area contributed by atoms with E-state index in [-0.39, 0.29) is 0 Å². The Balaban J connectivity index is 2.00. The Hall–Kier alpha value is -2.55. The lowest BCUT2D eigenvalue weighted by Crippen LogP contribution is -2.05. The number of nitrogens with zero attached hydrogens (tertiary/aromatic N) is 5. The summed E-state index contributed by atoms with van der Waals surface area (Å²) in [6.07, 6.45) is 4.66. The van der Waals surface area contributed by atoms with Crippen molar-refractivity contribution >= 4 is 5.82 Å². The van der Waals surface area contributed by atoms with Gasteiger partial charge >= 0.3 is 0 Å². The Morgan fingerprint density at radius 1 is 1.29 bits per heavy atom. The van der Waals surface area contributed by atoms with Crippen LogP contribution in [0.4, 0.5) is 5.82 Å². The molecule has 0 atom stereocenters. The molecule has 0 aromatic carbocycles. The summed E-state index contributed by atoms with van der Waals surface area (Å²) in [4.78, 5) is 16.2. The van der Waals surface area contributed by atoms with Crippen LogP contribution in [0.15, 0.2) is 24.7 Å². The van der Waals surface area contributed by atoms with Gasteiger partial charge in [-0.15, -0.1) is 0 Å². The fraction of sp³-hybridized carbons (Fsp3) is 0.182. The van der Waals surface area contributed by atoms with E-state index in [1.807, 2.05) is 19.1 Å². The first kappa shape index (κ1) is 11.0. The van der Waals surface area contributed by atoms with Crippen molar-refractivity contribution in [1.29, 1.82) is 5.26 Å². The largest absolute Gasteiger partial charge is 0.363 e. The normalized spacial score (nSPS) is 9.65. The number of nitrogens with one attached hydrogen (secondary N) is 1. The summed E-state index contributed by atoms with van der Waals surface area (Å²) in [6.45, 7) is 2.38. The molecule has 84 valence electrons. The first-order valence-electron chi connectivity index (χ1n) is 5.02. The van der Waals surface area contributed by atoms with E-state index in [1.54, 1.807) is 6.20 Å². The number of rotatable bonds is 3. The van der Waals surface area contributed by atoms with Gasteiger partial charge in [0.1, 0.15) is 17.7 Å². The molecule has 2 aromatic heterocycles. The minimum absolute atomic E-state index is 0.299. The quantitative estimate of drug-likeness (QED) is 0.841. The Kier molecular flexibility index (Phi) is 3.21. The van der Waals surface area contributed by atoms with Crippen molar-refractivity contribution in [2.75, 3.05) is 5.32 Å². The molecule has 0 fully saturated rings. The van der Waals surface area contributed by atoms with Crippen molar-refractivity contribution in [3.05, 3.63) is 41.9 Å². The summed E-state index contributed by atoms with van der Waals surface area (Å²) < 4.78 is 0. The van der Waals surface area contributed by atoms with E-state index in [0.717, 1.165) is 11.5 Å². The minimum atomic E-state index is 0.299. The van der Waals surface area contributed by atoms with Crippen molar-refractivity contribution < 1.29 is 0 Å². The van der Waals surface area contributed by atoms with Crippen LogP contribution in [0.3, 0.4) is 0 Å². The van der Waals surface area contributed by atoms with Crippen LogP contribution in [0.5, 0.6) is 0 Å². The SMILES string of the molecule is Cc1nccc(CNc2cnc(C#N)cn2)n1. The van der Waals surface area contributed by atoms with Crippen molar-refractivity contribution in [2.45, 2.75) is 13.5 Å². The molecule has 0 aliphatic carbocycles. The number of hydrogen-bond acceptors (Lipinski definition) is 6. The summed E-state index contributed by atoms with van der Waals surface area (Å²) in [7, 11) is 0. The molecule has 2 heterocycles. The van der Waals surface area contributed by atoms with Crippen molar-refractivity contribution in [2.24, 2.45) is 0 Å². The molecule has 0 saturated heterocycles. The van der Waals surface area contributed by atoms with Crippen molar-refractivity contribution in [1.82, 2.24) is 19.9 Å². The Labute approximate surface area is 98.4 Å². The fourth-order valence-corrected chi connectivity index (χ4v) is 1.26. The molecular formula is C11H10N6. The van der Waals surface area contributed by atoms with Gasteiger partial charge in [0.15, 0.2) is 5.69 Å². The second-order valence-corrected chi connectivity index (χ2v) is 3.35. The van der Waals surface area contributed by atoms with Crippen LogP contribution in [0.2, 0.25) is 0 Å². The third kappa shape index (κ3) is 2.95. The van der Waals surface area contributed by atoms with Crippen LogP contribution < -0.4 is 5.32 Å². The van der Waals surface area contributed by atoms with E-state index in [2.05, 4.69) is 25.3 Å². The minimum Gasteiger partial charge on any atom is -0.363 e. The van der Waals surface area contributed by atoms with Crippen molar-refractivity contribution in [3.63, 3.8) is 0 Å². The zero-order chi connectivity index (χ0) is 12.1. The first-order valence-corrected chi connectivity index (χ1v) is 5.02. The Morgan fingerprint density at radius 3 is 2.82 bits per heavy atom. The van der Waals surface area contributed by atoms with E-state index in [1.165, 1.54) is 12.4 Å². The van der Waals surface area contributed by atoms with E-state index >= 15 is 0 Å². The maximum atomic E-state index is 8.58. The second kappa shape index (κ2) is 4.99. The van der Waals surface area contributed by atoms with Crippen molar-refractivity contribution in [3.8, 4) is 6.07 Å². The molecule has 0 aliphatic heterocycles. The lowest BCUT2D eigenvalue weighted by Gasteiger charge is -2.04. The molecule has 0 aliphatic rings. The summed E-state index contributed by atoms with van der Waals surface area (Å²) >= 11 is 0. The van der Waals surface area contributed by atoms with Gasteiger partial charge in [0, 0.05) is 6.20 Å². The lowest BCUT2D eigenvalue weighted by molar-refractivity contribution is 0.947. The average molecular weight is 226 g/mol. The molecule has 0 bridgehead atoms. The highest BCUT2D eigenvalue weighted by Crippen LogP contribution is 2.03. The van der Waals surface area contributed by atoms with Gasteiger partial charge in [-0.2, -0.15) is 5.26 Å². The molecule has 0 amide bonds. The Morgan fingerprint density at radius 2 is 2.18 bits per heavy atom. The van der Waals surface area contributed by atoms with Gasteiger partial charge in [0.2, 0.25) is 0 Å². The van der Waals surface area contributed by atoms with Gasteiger partial charge in [-0.3, -0.25) is 0 Å². The van der Waals surface area contributed by atoms with Crippen LogP contribution in [0.25, 0.3) is 0 Å². The molecule has 1 N–H and O–H groups in total. The number of hydrogen-bond donors (Lipinski definition) is 1.